The SMILES string of the molecule is CC.CNC(=O)C(C)=CN(C=O)CCNCCn1cc(C)c(=O)[nH]c1=O. The molecule has 0 aliphatic rings. The maximum Gasteiger partial charge on any atom is 0.328 e. The number of H-pyrrole nitrogens is 1. The molecule has 3 N–H and O–H groups in total. The number of carbonyl (C=O) groups is 2. The molecule has 9 heteroatoms. The minimum Gasteiger partial charge on any atom is -0.355 e. The maximum atomic E-state index is 11.6. The molecule has 26 heavy (non-hydrogen) atoms. The van der Waals surface area contributed by atoms with Crippen molar-refractivity contribution >= 4 is 12.3 Å². The molecule has 0 atom stereocenters. The molecule has 9 nitrogen and oxygen atoms in total. The number of hydrogen-bond donors (Lipinski definition) is 3. The molecule has 2 amide bonds. The van der Waals surface area contributed by atoms with Gasteiger partial charge < -0.3 is 15.5 Å². The van der Waals surface area contributed by atoms with Crippen molar-refractivity contribution in [1.29, 1.82) is 0 Å². The zero-order valence-corrected chi connectivity index (χ0v) is 16.1. The summed E-state index contributed by atoms with van der Waals surface area (Å²) in [7, 11) is 1.52. The number of likely N-dealkylation sites (N-methyl/N-ethyl adjacent to an activating group) is 1. The Morgan fingerprint density at radius 2 is 1.96 bits per heavy atom. The van der Waals surface area contributed by atoms with Crippen LogP contribution in [0.1, 0.15) is 26.3 Å². The van der Waals surface area contributed by atoms with E-state index in [-0.39, 0.29) is 11.5 Å². The van der Waals surface area contributed by atoms with Crippen LogP contribution >= 0.6 is 0 Å². The Kier molecular flexibility index (Phi) is 11.3. The lowest BCUT2D eigenvalue weighted by Gasteiger charge is -2.14. The molecule has 0 saturated carbocycles. The van der Waals surface area contributed by atoms with Crippen LogP contribution in [0.15, 0.2) is 27.6 Å². The summed E-state index contributed by atoms with van der Waals surface area (Å²) in [6.45, 7) is 9.02. The molecule has 0 bridgehead atoms. The van der Waals surface area contributed by atoms with Crippen molar-refractivity contribution < 1.29 is 9.59 Å². The summed E-state index contributed by atoms with van der Waals surface area (Å²) < 4.78 is 1.41. The van der Waals surface area contributed by atoms with Crippen molar-refractivity contribution in [2.75, 3.05) is 26.7 Å². The highest BCUT2D eigenvalue weighted by atomic mass is 16.2. The van der Waals surface area contributed by atoms with E-state index in [1.54, 1.807) is 13.8 Å². The van der Waals surface area contributed by atoms with Gasteiger partial charge in [-0.25, -0.2) is 4.79 Å². The van der Waals surface area contributed by atoms with Crippen LogP contribution in [0.3, 0.4) is 0 Å². The van der Waals surface area contributed by atoms with Crippen molar-refractivity contribution in [2.24, 2.45) is 0 Å². The van der Waals surface area contributed by atoms with E-state index in [9.17, 15) is 19.2 Å². The van der Waals surface area contributed by atoms with Crippen molar-refractivity contribution in [3.8, 4) is 0 Å². The molecule has 0 radical (unpaired) electrons. The Morgan fingerprint density at radius 3 is 2.54 bits per heavy atom. The highest BCUT2D eigenvalue weighted by Crippen LogP contribution is 1.95. The van der Waals surface area contributed by atoms with Crippen molar-refractivity contribution in [2.45, 2.75) is 34.2 Å². The largest absolute Gasteiger partial charge is 0.355 e. The van der Waals surface area contributed by atoms with Crippen LogP contribution < -0.4 is 21.9 Å². The van der Waals surface area contributed by atoms with Crippen molar-refractivity contribution in [3.05, 3.63) is 44.4 Å². The van der Waals surface area contributed by atoms with E-state index in [1.165, 1.54) is 28.9 Å². The Bertz CT molecular complexity index is 721. The molecule has 0 unspecified atom stereocenters. The number of hydrogen-bond acceptors (Lipinski definition) is 5. The third-order valence-electron chi connectivity index (χ3n) is 3.35. The topological polar surface area (TPSA) is 116 Å². The fourth-order valence-corrected chi connectivity index (χ4v) is 1.97. The molecule has 0 aromatic carbocycles. The average molecular weight is 367 g/mol. The van der Waals surface area contributed by atoms with Gasteiger partial charge in [0.2, 0.25) is 12.3 Å². The minimum atomic E-state index is -0.453. The standard InChI is InChI=1S/C15H23N5O4.C2H6/c1-11(13(22)16-3)8-19(10-21)6-4-17-5-7-20-9-12(2)14(23)18-15(20)24;1-2/h8-10,17H,4-7H2,1-3H3,(H,16,22)(H,18,23,24);1-2H3. The molecule has 0 saturated heterocycles. The molecule has 1 rings (SSSR count). The van der Waals surface area contributed by atoms with Gasteiger partial charge in [0.1, 0.15) is 0 Å². The lowest BCUT2D eigenvalue weighted by atomic mass is 10.3. The predicted octanol–water partition coefficient (Wildman–Crippen LogP) is -0.431. The molecule has 146 valence electrons. The fraction of sp³-hybridized carbons (Fsp3) is 0.529. The number of nitrogens with one attached hydrogen (secondary N) is 3. The van der Waals surface area contributed by atoms with E-state index in [4.69, 9.17) is 0 Å². The van der Waals surface area contributed by atoms with Crippen LogP contribution in [0.5, 0.6) is 0 Å². The summed E-state index contributed by atoms with van der Waals surface area (Å²) in [6, 6.07) is 0. The molecule has 0 aliphatic carbocycles. The summed E-state index contributed by atoms with van der Waals surface area (Å²) in [5.41, 5.74) is 0.0616. The van der Waals surface area contributed by atoms with Crippen LogP contribution in [-0.2, 0) is 16.1 Å². The zero-order valence-electron chi connectivity index (χ0n) is 16.1. The number of aryl methyl sites for hydroxylation is 1. The number of rotatable bonds is 9. The first-order valence-corrected chi connectivity index (χ1v) is 8.51. The Hall–Kier alpha value is -2.68. The van der Waals surface area contributed by atoms with Crippen molar-refractivity contribution in [1.82, 2.24) is 25.1 Å². The summed E-state index contributed by atoms with van der Waals surface area (Å²) in [5, 5.41) is 5.57. The fourth-order valence-electron chi connectivity index (χ4n) is 1.97. The first kappa shape index (κ1) is 23.3. The Labute approximate surface area is 153 Å². The number of nitrogens with zero attached hydrogens (tertiary/aromatic N) is 2. The quantitative estimate of drug-likeness (QED) is 0.311. The summed E-state index contributed by atoms with van der Waals surface area (Å²) >= 11 is 0. The number of carbonyl (C=O) groups excluding carboxylic acids is 2. The molecule has 0 fully saturated rings. The minimum absolute atomic E-state index is 0.248. The molecular weight excluding hydrogens is 338 g/mol. The van der Waals surface area contributed by atoms with Gasteiger partial charge in [-0.3, -0.25) is 23.9 Å². The second-order valence-electron chi connectivity index (χ2n) is 5.25. The van der Waals surface area contributed by atoms with E-state index in [0.29, 0.717) is 43.7 Å². The van der Waals surface area contributed by atoms with Crippen LogP contribution in [-0.4, -0.2) is 53.5 Å². The van der Waals surface area contributed by atoms with Gasteiger partial charge in [-0.15, -0.1) is 0 Å². The van der Waals surface area contributed by atoms with Crippen LogP contribution in [0.25, 0.3) is 0 Å². The van der Waals surface area contributed by atoms with Gasteiger partial charge in [0.25, 0.3) is 5.56 Å². The lowest BCUT2D eigenvalue weighted by Crippen LogP contribution is -2.35. The first-order chi connectivity index (χ1) is 12.4. The monoisotopic (exact) mass is 367 g/mol. The van der Waals surface area contributed by atoms with Crippen LogP contribution in [0, 0.1) is 6.92 Å². The van der Waals surface area contributed by atoms with Gasteiger partial charge in [0.15, 0.2) is 0 Å². The van der Waals surface area contributed by atoms with Crippen molar-refractivity contribution in [3.63, 3.8) is 0 Å². The predicted molar refractivity (Wildman–Crippen MR) is 101 cm³/mol. The average Bonchev–Trinajstić information content (AvgIpc) is 2.65. The van der Waals surface area contributed by atoms with Gasteiger partial charge >= 0.3 is 5.69 Å². The number of aromatic nitrogens is 2. The third kappa shape index (κ3) is 7.93. The number of amides is 2. The first-order valence-electron chi connectivity index (χ1n) is 8.51. The third-order valence-corrected chi connectivity index (χ3v) is 3.35. The molecular formula is C17H29N5O4. The summed E-state index contributed by atoms with van der Waals surface area (Å²) in [4.78, 5) is 48.9. The second kappa shape index (κ2) is 12.6. The van der Waals surface area contributed by atoms with E-state index in [2.05, 4.69) is 15.6 Å². The lowest BCUT2D eigenvalue weighted by molar-refractivity contribution is -0.117. The Morgan fingerprint density at radius 1 is 1.31 bits per heavy atom. The van der Waals surface area contributed by atoms with Crippen LogP contribution in [0.4, 0.5) is 0 Å². The normalized spacial score (nSPS) is 10.6. The molecule has 1 heterocycles. The van der Waals surface area contributed by atoms with Crippen LogP contribution in [0.2, 0.25) is 0 Å². The van der Waals surface area contributed by atoms with Gasteiger partial charge in [-0.1, -0.05) is 13.8 Å². The summed E-state index contributed by atoms with van der Waals surface area (Å²) in [5.74, 6) is -0.248. The van der Waals surface area contributed by atoms with E-state index >= 15 is 0 Å². The van der Waals surface area contributed by atoms with Gasteiger partial charge in [-0.05, 0) is 13.8 Å². The van der Waals surface area contributed by atoms with Gasteiger partial charge in [-0.2, -0.15) is 0 Å². The molecule has 0 spiro atoms. The van der Waals surface area contributed by atoms with E-state index in [1.807, 2.05) is 13.8 Å². The van der Waals surface area contributed by atoms with Gasteiger partial charge in [0.05, 0.1) is 0 Å². The van der Waals surface area contributed by atoms with Gasteiger partial charge in [0, 0.05) is 56.8 Å². The molecule has 1 aromatic rings. The maximum absolute atomic E-state index is 11.6. The molecule has 0 aliphatic heterocycles. The van der Waals surface area contributed by atoms with E-state index in [0.717, 1.165) is 0 Å². The highest BCUT2D eigenvalue weighted by molar-refractivity contribution is 5.92. The highest BCUT2D eigenvalue weighted by Gasteiger charge is 2.04. The Balaban J connectivity index is 0.00000301. The van der Waals surface area contributed by atoms with E-state index < -0.39 is 5.69 Å². The smallest absolute Gasteiger partial charge is 0.328 e. The number of aromatic amines is 1. The molecule has 1 aromatic heterocycles. The summed E-state index contributed by atoms with van der Waals surface area (Å²) in [6.07, 6.45) is 3.63. The second-order valence-corrected chi connectivity index (χ2v) is 5.25. The zero-order chi connectivity index (χ0) is 20.1.